The Morgan fingerprint density at radius 2 is 1.86 bits per heavy atom. The molecule has 28 heavy (non-hydrogen) atoms. The SMILES string of the molecule is CN=C(NCC(c1ccc(OC)cc1)N(C)C)NCC(C)(C)N1CCOCC1. The molecule has 1 aliphatic rings. The number of benzene rings is 1. The zero-order valence-electron chi connectivity index (χ0n) is 18.3. The number of hydrogen-bond donors (Lipinski definition) is 2. The van der Waals surface area contributed by atoms with Crippen LogP contribution in [0.4, 0.5) is 0 Å². The van der Waals surface area contributed by atoms with Gasteiger partial charge in [-0.05, 0) is 45.6 Å². The quantitative estimate of drug-likeness (QED) is 0.518. The van der Waals surface area contributed by atoms with Crippen molar-refractivity contribution in [1.29, 1.82) is 0 Å². The van der Waals surface area contributed by atoms with Crippen molar-refractivity contribution < 1.29 is 9.47 Å². The van der Waals surface area contributed by atoms with Crippen LogP contribution in [0, 0.1) is 0 Å². The summed E-state index contributed by atoms with van der Waals surface area (Å²) in [5, 5.41) is 6.97. The Morgan fingerprint density at radius 1 is 1.21 bits per heavy atom. The number of aliphatic imine (C=N–C) groups is 1. The van der Waals surface area contributed by atoms with Crippen LogP contribution in [0.15, 0.2) is 29.3 Å². The van der Waals surface area contributed by atoms with E-state index in [2.05, 4.69) is 65.5 Å². The molecular formula is C21H37N5O2. The minimum absolute atomic E-state index is 0.0400. The Balaban J connectivity index is 1.91. The Bertz CT molecular complexity index is 610. The molecule has 1 aliphatic heterocycles. The molecule has 1 atom stereocenters. The molecular weight excluding hydrogens is 354 g/mol. The average Bonchev–Trinajstić information content (AvgIpc) is 2.71. The predicted molar refractivity (Wildman–Crippen MR) is 115 cm³/mol. The number of nitrogens with zero attached hydrogens (tertiary/aromatic N) is 3. The van der Waals surface area contributed by atoms with E-state index in [0.717, 1.165) is 51.1 Å². The lowest BCUT2D eigenvalue weighted by Gasteiger charge is -2.41. The van der Waals surface area contributed by atoms with Crippen molar-refractivity contribution in [1.82, 2.24) is 20.4 Å². The molecule has 1 saturated heterocycles. The van der Waals surface area contributed by atoms with Gasteiger partial charge >= 0.3 is 0 Å². The van der Waals surface area contributed by atoms with Crippen LogP contribution in [-0.2, 0) is 4.74 Å². The highest BCUT2D eigenvalue weighted by Crippen LogP contribution is 2.20. The molecule has 0 radical (unpaired) electrons. The molecule has 1 aromatic rings. The summed E-state index contributed by atoms with van der Waals surface area (Å²) in [6.45, 7) is 9.67. The van der Waals surface area contributed by atoms with Crippen LogP contribution in [0.5, 0.6) is 5.75 Å². The van der Waals surface area contributed by atoms with E-state index in [1.165, 1.54) is 5.56 Å². The zero-order chi connectivity index (χ0) is 20.6. The summed E-state index contributed by atoms with van der Waals surface area (Å²) < 4.78 is 10.7. The number of methoxy groups -OCH3 is 1. The molecule has 0 amide bonds. The van der Waals surface area contributed by atoms with E-state index in [1.54, 1.807) is 7.11 Å². The third-order valence-corrected chi connectivity index (χ3v) is 5.37. The van der Waals surface area contributed by atoms with Gasteiger partial charge in [-0.2, -0.15) is 0 Å². The fourth-order valence-corrected chi connectivity index (χ4v) is 3.42. The number of hydrogen-bond acceptors (Lipinski definition) is 5. The van der Waals surface area contributed by atoms with Gasteiger partial charge in [0, 0.05) is 38.8 Å². The molecule has 1 fully saturated rings. The van der Waals surface area contributed by atoms with Gasteiger partial charge in [-0.1, -0.05) is 12.1 Å². The largest absolute Gasteiger partial charge is 0.497 e. The van der Waals surface area contributed by atoms with Crippen molar-refractivity contribution in [3.05, 3.63) is 29.8 Å². The molecule has 0 aliphatic carbocycles. The number of ether oxygens (including phenoxy) is 2. The molecule has 7 heteroatoms. The third-order valence-electron chi connectivity index (χ3n) is 5.37. The first-order valence-corrected chi connectivity index (χ1v) is 9.95. The summed E-state index contributed by atoms with van der Waals surface area (Å²) in [6.07, 6.45) is 0. The normalized spacial score (nSPS) is 17.5. The summed E-state index contributed by atoms with van der Waals surface area (Å²) >= 11 is 0. The van der Waals surface area contributed by atoms with Crippen molar-refractivity contribution in [2.24, 2.45) is 4.99 Å². The highest BCUT2D eigenvalue weighted by atomic mass is 16.5. The van der Waals surface area contributed by atoms with Gasteiger partial charge in [-0.3, -0.25) is 9.89 Å². The monoisotopic (exact) mass is 391 g/mol. The molecule has 0 aromatic heterocycles. The number of nitrogens with one attached hydrogen (secondary N) is 2. The Kier molecular flexibility index (Phi) is 8.54. The summed E-state index contributed by atoms with van der Waals surface area (Å²) in [6, 6.07) is 8.47. The van der Waals surface area contributed by atoms with E-state index >= 15 is 0 Å². The molecule has 2 rings (SSSR count). The maximum absolute atomic E-state index is 5.47. The van der Waals surface area contributed by atoms with E-state index in [9.17, 15) is 0 Å². The first kappa shape index (κ1) is 22.5. The van der Waals surface area contributed by atoms with E-state index in [1.807, 2.05) is 19.2 Å². The second-order valence-corrected chi connectivity index (χ2v) is 7.97. The standard InChI is InChI=1S/C21H37N5O2/c1-21(2,26-11-13-28-14-12-26)16-24-20(22-3)23-15-19(25(4)5)17-7-9-18(27-6)10-8-17/h7-10,19H,11-16H2,1-6H3,(H2,22,23,24). The zero-order valence-corrected chi connectivity index (χ0v) is 18.3. The molecule has 1 unspecified atom stereocenters. The van der Waals surface area contributed by atoms with Crippen molar-refractivity contribution in [3.63, 3.8) is 0 Å². The third kappa shape index (κ3) is 6.36. The molecule has 0 bridgehead atoms. The number of morpholine rings is 1. The average molecular weight is 392 g/mol. The number of rotatable bonds is 8. The summed E-state index contributed by atoms with van der Waals surface area (Å²) in [5.41, 5.74) is 1.28. The lowest BCUT2D eigenvalue weighted by molar-refractivity contribution is -0.00834. The molecule has 158 valence electrons. The Labute approximate surface area is 170 Å². The van der Waals surface area contributed by atoms with Crippen LogP contribution >= 0.6 is 0 Å². The predicted octanol–water partition coefficient (Wildman–Crippen LogP) is 1.57. The Morgan fingerprint density at radius 3 is 2.39 bits per heavy atom. The van der Waals surface area contributed by atoms with Gasteiger partial charge in [-0.15, -0.1) is 0 Å². The van der Waals surface area contributed by atoms with Crippen LogP contribution in [0.1, 0.15) is 25.5 Å². The van der Waals surface area contributed by atoms with Gasteiger partial charge in [0.05, 0.1) is 26.4 Å². The van der Waals surface area contributed by atoms with E-state index in [4.69, 9.17) is 9.47 Å². The minimum Gasteiger partial charge on any atom is -0.497 e. The van der Waals surface area contributed by atoms with Gasteiger partial charge in [0.1, 0.15) is 5.75 Å². The number of likely N-dealkylation sites (N-methyl/N-ethyl adjacent to an activating group) is 1. The van der Waals surface area contributed by atoms with Gasteiger partial charge in [-0.25, -0.2) is 0 Å². The summed E-state index contributed by atoms with van der Waals surface area (Å²) in [4.78, 5) is 9.08. The molecule has 7 nitrogen and oxygen atoms in total. The highest BCUT2D eigenvalue weighted by molar-refractivity contribution is 5.79. The van der Waals surface area contributed by atoms with Crippen molar-refractivity contribution in [2.75, 3.05) is 67.6 Å². The van der Waals surface area contributed by atoms with Crippen LogP contribution in [-0.4, -0.2) is 88.9 Å². The van der Waals surface area contributed by atoms with E-state index in [-0.39, 0.29) is 11.6 Å². The van der Waals surface area contributed by atoms with Gasteiger partial charge in [0.15, 0.2) is 5.96 Å². The van der Waals surface area contributed by atoms with Crippen LogP contribution < -0.4 is 15.4 Å². The second-order valence-electron chi connectivity index (χ2n) is 7.97. The van der Waals surface area contributed by atoms with Gasteiger partial charge < -0.3 is 25.0 Å². The molecule has 0 spiro atoms. The maximum atomic E-state index is 5.47. The lowest BCUT2D eigenvalue weighted by Crippen LogP contribution is -2.56. The van der Waals surface area contributed by atoms with E-state index < -0.39 is 0 Å². The van der Waals surface area contributed by atoms with Crippen molar-refractivity contribution in [3.8, 4) is 5.75 Å². The summed E-state index contributed by atoms with van der Waals surface area (Å²) in [7, 11) is 7.69. The fourth-order valence-electron chi connectivity index (χ4n) is 3.42. The fraction of sp³-hybridized carbons (Fsp3) is 0.667. The van der Waals surface area contributed by atoms with Crippen LogP contribution in [0.25, 0.3) is 0 Å². The van der Waals surface area contributed by atoms with Gasteiger partial charge in [0.25, 0.3) is 0 Å². The molecule has 0 saturated carbocycles. The molecule has 1 aromatic carbocycles. The topological polar surface area (TPSA) is 61.4 Å². The van der Waals surface area contributed by atoms with Crippen molar-refractivity contribution in [2.45, 2.75) is 25.4 Å². The molecule has 1 heterocycles. The Hall–Kier alpha value is -1.83. The summed E-state index contributed by atoms with van der Waals surface area (Å²) in [5.74, 6) is 1.69. The van der Waals surface area contributed by atoms with E-state index in [0.29, 0.717) is 0 Å². The van der Waals surface area contributed by atoms with Crippen LogP contribution in [0.2, 0.25) is 0 Å². The highest BCUT2D eigenvalue weighted by Gasteiger charge is 2.28. The van der Waals surface area contributed by atoms with Crippen molar-refractivity contribution >= 4 is 5.96 Å². The smallest absolute Gasteiger partial charge is 0.191 e. The second kappa shape index (κ2) is 10.6. The minimum atomic E-state index is 0.0400. The van der Waals surface area contributed by atoms with Crippen LogP contribution in [0.3, 0.4) is 0 Å². The first-order chi connectivity index (χ1) is 13.4. The first-order valence-electron chi connectivity index (χ1n) is 9.95. The van der Waals surface area contributed by atoms with Gasteiger partial charge in [0.2, 0.25) is 0 Å². The lowest BCUT2D eigenvalue weighted by atomic mass is 10.0. The maximum Gasteiger partial charge on any atom is 0.191 e. The number of guanidine groups is 1. The molecule has 2 N–H and O–H groups in total.